The van der Waals surface area contributed by atoms with Crippen molar-refractivity contribution in [2.45, 2.75) is 31.3 Å². The van der Waals surface area contributed by atoms with Gasteiger partial charge in [-0.15, -0.1) is 0 Å². The fourth-order valence-electron chi connectivity index (χ4n) is 2.55. The van der Waals surface area contributed by atoms with E-state index < -0.39 is 16.1 Å². The van der Waals surface area contributed by atoms with E-state index in [2.05, 4.69) is 5.32 Å². The molecule has 0 aliphatic carbocycles. The zero-order valence-corrected chi connectivity index (χ0v) is 18.0. The summed E-state index contributed by atoms with van der Waals surface area (Å²) in [5.74, 6) is 0.987. The minimum atomic E-state index is -3.46. The zero-order valence-electron chi connectivity index (χ0n) is 17.2. The first-order valence-corrected chi connectivity index (χ1v) is 10.8. The Labute approximate surface area is 172 Å². The highest BCUT2D eigenvalue weighted by molar-refractivity contribution is 7.89. The number of sulfonamides is 1. The van der Waals surface area contributed by atoms with E-state index in [1.165, 1.54) is 26.2 Å². The minimum Gasteiger partial charge on any atom is -0.492 e. The average Bonchev–Trinajstić information content (AvgIpc) is 2.69. The highest BCUT2D eigenvalue weighted by Gasteiger charge is 2.18. The molecule has 2 aromatic rings. The Hall–Kier alpha value is -2.58. The Morgan fingerprint density at radius 3 is 2.38 bits per heavy atom. The predicted octanol–water partition coefficient (Wildman–Crippen LogP) is 2.60. The minimum absolute atomic E-state index is 0.197. The van der Waals surface area contributed by atoms with Gasteiger partial charge in [-0.3, -0.25) is 4.79 Å². The van der Waals surface area contributed by atoms with Crippen LogP contribution in [0.4, 0.5) is 0 Å². The van der Waals surface area contributed by atoms with Gasteiger partial charge in [0.1, 0.15) is 18.1 Å². The number of amides is 1. The number of carbonyl (C=O) groups is 1. The van der Waals surface area contributed by atoms with E-state index in [1.807, 2.05) is 38.1 Å². The molecule has 0 aliphatic rings. The number of carbonyl (C=O) groups excluding carboxylic acids is 1. The number of nitrogens with one attached hydrogen (secondary N) is 1. The molecule has 0 heterocycles. The Kier molecular flexibility index (Phi) is 8.04. The van der Waals surface area contributed by atoms with Crippen molar-refractivity contribution in [2.24, 2.45) is 0 Å². The fraction of sp³-hybridized carbons (Fsp3) is 0.381. The molecule has 0 fully saturated rings. The molecule has 0 bridgehead atoms. The van der Waals surface area contributed by atoms with Crippen molar-refractivity contribution in [1.29, 1.82) is 0 Å². The molecule has 1 atom stereocenters. The molecule has 0 spiro atoms. The molecule has 0 aliphatic heterocycles. The van der Waals surface area contributed by atoms with Gasteiger partial charge in [-0.2, -0.15) is 0 Å². The molecule has 0 saturated carbocycles. The average molecular weight is 421 g/mol. The summed E-state index contributed by atoms with van der Waals surface area (Å²) in [5.41, 5.74) is 1.07. The number of rotatable bonds is 10. The molecule has 8 heteroatoms. The quantitative estimate of drug-likeness (QED) is 0.597. The van der Waals surface area contributed by atoms with Gasteiger partial charge >= 0.3 is 0 Å². The van der Waals surface area contributed by atoms with Gasteiger partial charge in [0.05, 0.1) is 11.4 Å². The van der Waals surface area contributed by atoms with Crippen LogP contribution in [0.1, 0.15) is 18.9 Å². The van der Waals surface area contributed by atoms with Gasteiger partial charge in [-0.25, -0.2) is 12.7 Å². The second-order valence-electron chi connectivity index (χ2n) is 6.73. The molecule has 7 nitrogen and oxygen atoms in total. The highest BCUT2D eigenvalue weighted by Crippen LogP contribution is 2.18. The summed E-state index contributed by atoms with van der Waals surface area (Å²) in [6.45, 7) is 4.42. The number of aryl methyl sites for hydroxylation is 1. The Balaban J connectivity index is 1.81. The first-order valence-electron chi connectivity index (χ1n) is 9.40. The van der Waals surface area contributed by atoms with Crippen molar-refractivity contribution in [2.75, 3.05) is 27.2 Å². The molecule has 0 saturated heterocycles. The van der Waals surface area contributed by atoms with Gasteiger partial charge in [-0.05, 0) is 55.3 Å². The van der Waals surface area contributed by atoms with E-state index in [0.29, 0.717) is 24.5 Å². The summed E-state index contributed by atoms with van der Waals surface area (Å²) in [6.07, 6.45) is -0.0325. The topological polar surface area (TPSA) is 84.9 Å². The first kappa shape index (κ1) is 22.7. The van der Waals surface area contributed by atoms with Crippen LogP contribution in [0.2, 0.25) is 0 Å². The van der Waals surface area contributed by atoms with E-state index >= 15 is 0 Å². The largest absolute Gasteiger partial charge is 0.492 e. The summed E-state index contributed by atoms with van der Waals surface area (Å²) in [6, 6.07) is 13.7. The monoisotopic (exact) mass is 420 g/mol. The van der Waals surface area contributed by atoms with Crippen LogP contribution in [0.3, 0.4) is 0 Å². The fourth-order valence-corrected chi connectivity index (χ4v) is 3.45. The number of nitrogens with zero attached hydrogens (tertiary/aromatic N) is 1. The summed E-state index contributed by atoms with van der Waals surface area (Å²) < 4.78 is 36.6. The van der Waals surface area contributed by atoms with Crippen LogP contribution in [0, 0.1) is 6.92 Å². The lowest BCUT2D eigenvalue weighted by molar-refractivity contribution is -0.128. The van der Waals surface area contributed by atoms with E-state index in [0.717, 1.165) is 9.87 Å². The second-order valence-corrected chi connectivity index (χ2v) is 8.88. The normalized spacial score (nSPS) is 12.4. The second kappa shape index (κ2) is 10.3. The molecule has 29 heavy (non-hydrogen) atoms. The van der Waals surface area contributed by atoms with Gasteiger partial charge in [0, 0.05) is 14.1 Å². The van der Waals surface area contributed by atoms with E-state index in [-0.39, 0.29) is 17.4 Å². The lowest BCUT2D eigenvalue weighted by atomic mass is 10.2. The number of benzene rings is 2. The molecule has 2 aromatic carbocycles. The van der Waals surface area contributed by atoms with Gasteiger partial charge in [-0.1, -0.05) is 19.1 Å². The predicted molar refractivity (Wildman–Crippen MR) is 112 cm³/mol. The highest BCUT2D eigenvalue weighted by atomic mass is 32.2. The standard InChI is InChI=1S/C21H28N2O5S/c1-5-20(28-18-8-6-7-16(2)15-18)21(24)22-13-14-27-17-9-11-19(12-10-17)29(25,26)23(3)4/h6-12,15,20H,5,13-14H2,1-4H3,(H,22,24)/t20-/m1/s1. The lowest BCUT2D eigenvalue weighted by Crippen LogP contribution is -2.39. The Bertz CT molecular complexity index is 911. The summed E-state index contributed by atoms with van der Waals surface area (Å²) in [7, 11) is -0.503. The number of hydrogen-bond donors (Lipinski definition) is 1. The van der Waals surface area contributed by atoms with Crippen molar-refractivity contribution < 1.29 is 22.7 Å². The Morgan fingerprint density at radius 2 is 1.79 bits per heavy atom. The molecule has 1 N–H and O–H groups in total. The van der Waals surface area contributed by atoms with Crippen LogP contribution in [-0.2, 0) is 14.8 Å². The van der Waals surface area contributed by atoms with Gasteiger partial charge in [0.2, 0.25) is 10.0 Å². The van der Waals surface area contributed by atoms with Crippen molar-refractivity contribution in [3.8, 4) is 11.5 Å². The van der Waals surface area contributed by atoms with Crippen LogP contribution in [0.25, 0.3) is 0 Å². The van der Waals surface area contributed by atoms with Crippen molar-refractivity contribution in [3.63, 3.8) is 0 Å². The molecular weight excluding hydrogens is 392 g/mol. The SMILES string of the molecule is CC[C@@H](Oc1cccc(C)c1)C(=O)NCCOc1ccc(S(=O)(=O)N(C)C)cc1. The molecular formula is C21H28N2O5S. The third-order valence-electron chi connectivity index (χ3n) is 4.20. The lowest BCUT2D eigenvalue weighted by Gasteiger charge is -2.17. The molecule has 2 rings (SSSR count). The van der Waals surface area contributed by atoms with Crippen molar-refractivity contribution in [1.82, 2.24) is 9.62 Å². The maximum absolute atomic E-state index is 12.3. The van der Waals surface area contributed by atoms with E-state index in [4.69, 9.17) is 9.47 Å². The van der Waals surface area contributed by atoms with Crippen LogP contribution in [0.15, 0.2) is 53.4 Å². The van der Waals surface area contributed by atoms with Gasteiger partial charge < -0.3 is 14.8 Å². The summed E-state index contributed by atoms with van der Waals surface area (Å²) in [4.78, 5) is 12.5. The van der Waals surface area contributed by atoms with Crippen LogP contribution < -0.4 is 14.8 Å². The third-order valence-corrected chi connectivity index (χ3v) is 6.03. The summed E-state index contributed by atoms with van der Waals surface area (Å²) >= 11 is 0. The maximum Gasteiger partial charge on any atom is 0.261 e. The van der Waals surface area contributed by atoms with Crippen LogP contribution in [-0.4, -0.2) is 52.0 Å². The van der Waals surface area contributed by atoms with Gasteiger partial charge in [0.15, 0.2) is 6.10 Å². The molecule has 158 valence electrons. The molecule has 1 amide bonds. The van der Waals surface area contributed by atoms with E-state index in [1.54, 1.807) is 12.1 Å². The number of hydrogen-bond acceptors (Lipinski definition) is 5. The number of ether oxygens (including phenoxy) is 2. The zero-order chi connectivity index (χ0) is 21.4. The molecule has 0 radical (unpaired) electrons. The van der Waals surface area contributed by atoms with E-state index in [9.17, 15) is 13.2 Å². The molecule has 0 unspecified atom stereocenters. The summed E-state index contributed by atoms with van der Waals surface area (Å²) in [5, 5.41) is 2.80. The van der Waals surface area contributed by atoms with Crippen LogP contribution in [0.5, 0.6) is 11.5 Å². The third kappa shape index (κ3) is 6.47. The smallest absolute Gasteiger partial charge is 0.261 e. The molecule has 0 aromatic heterocycles. The van der Waals surface area contributed by atoms with Crippen molar-refractivity contribution >= 4 is 15.9 Å². The Morgan fingerprint density at radius 1 is 1.10 bits per heavy atom. The van der Waals surface area contributed by atoms with Crippen LogP contribution >= 0.6 is 0 Å². The van der Waals surface area contributed by atoms with Gasteiger partial charge in [0.25, 0.3) is 5.91 Å². The first-order chi connectivity index (χ1) is 13.7. The maximum atomic E-state index is 12.3. The van der Waals surface area contributed by atoms with Crippen molar-refractivity contribution in [3.05, 3.63) is 54.1 Å².